The maximum Gasteiger partial charge on any atom is 0.243 e. The van der Waals surface area contributed by atoms with Crippen molar-refractivity contribution in [1.29, 1.82) is 0 Å². The first-order valence-corrected chi connectivity index (χ1v) is 10.0. The molecular formula is C23H31N3O3. The average molecular weight is 398 g/mol. The van der Waals surface area contributed by atoms with E-state index in [1.54, 1.807) is 6.92 Å². The Morgan fingerprint density at radius 2 is 1.66 bits per heavy atom. The van der Waals surface area contributed by atoms with E-state index in [1.807, 2.05) is 49.4 Å². The van der Waals surface area contributed by atoms with Crippen LogP contribution in [0.2, 0.25) is 0 Å². The lowest BCUT2D eigenvalue weighted by atomic mass is 10.1. The largest absolute Gasteiger partial charge is 0.494 e. The number of benzene rings is 2. The molecule has 0 saturated heterocycles. The molecule has 3 N–H and O–H groups in total. The van der Waals surface area contributed by atoms with E-state index < -0.39 is 0 Å². The zero-order valence-corrected chi connectivity index (χ0v) is 17.7. The minimum Gasteiger partial charge on any atom is -0.494 e. The Morgan fingerprint density at radius 3 is 2.31 bits per heavy atom. The van der Waals surface area contributed by atoms with E-state index in [1.165, 1.54) is 0 Å². The van der Waals surface area contributed by atoms with Crippen molar-refractivity contribution in [2.75, 3.05) is 29.1 Å². The molecule has 0 saturated carbocycles. The molecule has 0 aromatic heterocycles. The van der Waals surface area contributed by atoms with E-state index in [0.717, 1.165) is 29.1 Å². The topological polar surface area (TPSA) is 79.5 Å². The number of rotatable bonds is 10. The molecule has 156 valence electrons. The predicted octanol–water partition coefficient (Wildman–Crippen LogP) is 4.82. The fraction of sp³-hybridized carbons (Fsp3) is 0.391. The van der Waals surface area contributed by atoms with Gasteiger partial charge >= 0.3 is 0 Å². The van der Waals surface area contributed by atoms with Crippen LogP contribution in [0.4, 0.5) is 17.1 Å². The second-order valence-corrected chi connectivity index (χ2v) is 7.39. The lowest BCUT2D eigenvalue weighted by Crippen LogP contribution is -2.21. The number of hydrogen-bond acceptors (Lipinski definition) is 4. The van der Waals surface area contributed by atoms with Gasteiger partial charge in [0.1, 0.15) is 5.75 Å². The molecule has 2 aromatic carbocycles. The molecule has 0 radical (unpaired) electrons. The van der Waals surface area contributed by atoms with E-state index in [-0.39, 0.29) is 18.4 Å². The Bertz CT molecular complexity index is 817. The molecule has 6 nitrogen and oxygen atoms in total. The van der Waals surface area contributed by atoms with Crippen LogP contribution in [0.3, 0.4) is 0 Å². The van der Waals surface area contributed by atoms with Crippen LogP contribution in [-0.2, 0) is 9.59 Å². The maximum absolute atomic E-state index is 12.2. The van der Waals surface area contributed by atoms with Crippen LogP contribution >= 0.6 is 0 Å². The van der Waals surface area contributed by atoms with Gasteiger partial charge in [0.05, 0.1) is 13.2 Å². The van der Waals surface area contributed by atoms with Crippen molar-refractivity contribution in [1.82, 2.24) is 0 Å². The molecule has 2 amide bonds. The molecule has 0 aliphatic carbocycles. The molecule has 29 heavy (non-hydrogen) atoms. The van der Waals surface area contributed by atoms with Gasteiger partial charge in [-0.2, -0.15) is 0 Å². The summed E-state index contributed by atoms with van der Waals surface area (Å²) >= 11 is 0. The Balaban J connectivity index is 1.83. The first-order chi connectivity index (χ1) is 13.9. The third kappa shape index (κ3) is 7.86. The van der Waals surface area contributed by atoms with Crippen molar-refractivity contribution in [3.8, 4) is 5.75 Å². The van der Waals surface area contributed by atoms with Gasteiger partial charge in [0.15, 0.2) is 0 Å². The third-order valence-corrected chi connectivity index (χ3v) is 4.39. The van der Waals surface area contributed by atoms with Crippen LogP contribution in [-0.4, -0.2) is 25.0 Å². The van der Waals surface area contributed by atoms with Crippen molar-refractivity contribution in [2.45, 2.75) is 40.5 Å². The molecule has 0 fully saturated rings. The van der Waals surface area contributed by atoms with Crippen LogP contribution in [0, 0.1) is 12.8 Å². The Hall–Kier alpha value is -3.02. The van der Waals surface area contributed by atoms with Crippen molar-refractivity contribution < 1.29 is 14.3 Å². The Labute approximate surface area is 173 Å². The smallest absolute Gasteiger partial charge is 0.243 e. The summed E-state index contributed by atoms with van der Waals surface area (Å²) in [5.74, 6) is 1.20. The van der Waals surface area contributed by atoms with Gasteiger partial charge in [0, 0.05) is 23.5 Å². The first-order valence-electron chi connectivity index (χ1n) is 10.0. The third-order valence-electron chi connectivity index (χ3n) is 4.39. The molecule has 6 heteroatoms. The Morgan fingerprint density at radius 1 is 0.966 bits per heavy atom. The van der Waals surface area contributed by atoms with Crippen LogP contribution in [0.1, 0.15) is 39.2 Å². The molecule has 2 aromatic rings. The van der Waals surface area contributed by atoms with Gasteiger partial charge in [0.25, 0.3) is 0 Å². The lowest BCUT2D eigenvalue weighted by molar-refractivity contribution is -0.116. The number of carbonyl (C=O) groups is 2. The van der Waals surface area contributed by atoms with E-state index in [2.05, 4.69) is 29.8 Å². The summed E-state index contributed by atoms with van der Waals surface area (Å²) in [6, 6.07) is 13.0. The molecule has 0 aliphatic rings. The number of amides is 2. The summed E-state index contributed by atoms with van der Waals surface area (Å²) in [5, 5.41) is 8.80. The predicted molar refractivity (Wildman–Crippen MR) is 119 cm³/mol. The minimum atomic E-state index is -0.154. The number of aryl methyl sites for hydroxylation is 1. The molecule has 0 bridgehead atoms. The van der Waals surface area contributed by atoms with Crippen molar-refractivity contribution in [3.63, 3.8) is 0 Å². The number of anilines is 3. The molecule has 0 spiro atoms. The monoisotopic (exact) mass is 397 g/mol. The molecule has 2 rings (SSSR count). The number of hydrogen-bond donors (Lipinski definition) is 3. The van der Waals surface area contributed by atoms with Gasteiger partial charge in [-0.15, -0.1) is 0 Å². The normalized spacial score (nSPS) is 10.5. The quantitative estimate of drug-likeness (QED) is 0.537. The van der Waals surface area contributed by atoms with Crippen LogP contribution < -0.4 is 20.7 Å². The SMILES string of the molecule is CCC(=O)Nc1cc(NCC(=O)Nc2ccc(OCCC(C)C)cc2)ccc1C. The Kier molecular flexibility index (Phi) is 8.52. The highest BCUT2D eigenvalue weighted by Crippen LogP contribution is 2.21. The second-order valence-electron chi connectivity index (χ2n) is 7.39. The second kappa shape index (κ2) is 11.1. The first kappa shape index (κ1) is 22.3. The minimum absolute atomic E-state index is 0.0420. The summed E-state index contributed by atoms with van der Waals surface area (Å²) in [5.41, 5.74) is 3.20. The van der Waals surface area contributed by atoms with Gasteiger partial charge in [0.2, 0.25) is 11.8 Å². The van der Waals surface area contributed by atoms with Gasteiger partial charge in [-0.05, 0) is 61.2 Å². The molecule has 0 unspecified atom stereocenters. The maximum atomic E-state index is 12.2. The summed E-state index contributed by atoms with van der Waals surface area (Å²) in [4.78, 5) is 23.8. The van der Waals surface area contributed by atoms with Crippen molar-refractivity contribution in [2.24, 2.45) is 5.92 Å². The van der Waals surface area contributed by atoms with Gasteiger partial charge in [-0.3, -0.25) is 9.59 Å². The molecule has 0 heterocycles. The highest BCUT2D eigenvalue weighted by Gasteiger charge is 2.06. The molecular weight excluding hydrogens is 366 g/mol. The lowest BCUT2D eigenvalue weighted by Gasteiger charge is -2.12. The van der Waals surface area contributed by atoms with Crippen LogP contribution in [0.25, 0.3) is 0 Å². The van der Waals surface area contributed by atoms with Crippen molar-refractivity contribution in [3.05, 3.63) is 48.0 Å². The van der Waals surface area contributed by atoms with Gasteiger partial charge in [-0.1, -0.05) is 26.8 Å². The zero-order valence-electron chi connectivity index (χ0n) is 17.7. The average Bonchev–Trinajstić information content (AvgIpc) is 2.69. The van der Waals surface area contributed by atoms with Crippen LogP contribution in [0.15, 0.2) is 42.5 Å². The fourth-order valence-electron chi connectivity index (χ4n) is 2.54. The highest BCUT2D eigenvalue weighted by atomic mass is 16.5. The number of ether oxygens (including phenoxy) is 1. The number of nitrogens with one attached hydrogen (secondary N) is 3. The van der Waals surface area contributed by atoms with Gasteiger partial charge in [-0.25, -0.2) is 0 Å². The summed E-state index contributed by atoms with van der Waals surface area (Å²) < 4.78 is 5.68. The standard InChI is InChI=1S/C23H31N3O3/c1-5-22(27)26-21-14-19(7-6-17(21)4)24-15-23(28)25-18-8-10-20(11-9-18)29-13-12-16(2)3/h6-11,14,16,24H,5,12-13,15H2,1-4H3,(H,25,28)(H,26,27). The van der Waals surface area contributed by atoms with E-state index in [0.29, 0.717) is 24.6 Å². The zero-order chi connectivity index (χ0) is 21.2. The van der Waals surface area contributed by atoms with Gasteiger partial charge < -0.3 is 20.7 Å². The highest BCUT2D eigenvalue weighted by molar-refractivity contribution is 5.94. The van der Waals surface area contributed by atoms with Crippen LogP contribution in [0.5, 0.6) is 5.75 Å². The van der Waals surface area contributed by atoms with E-state index >= 15 is 0 Å². The summed E-state index contributed by atoms with van der Waals surface area (Å²) in [6.07, 6.45) is 1.42. The fourth-order valence-corrected chi connectivity index (χ4v) is 2.54. The van der Waals surface area contributed by atoms with E-state index in [4.69, 9.17) is 4.74 Å². The van der Waals surface area contributed by atoms with Crippen molar-refractivity contribution >= 4 is 28.9 Å². The number of carbonyl (C=O) groups excluding carboxylic acids is 2. The summed E-state index contributed by atoms with van der Waals surface area (Å²) in [6.45, 7) is 8.87. The molecule has 0 aliphatic heterocycles. The van der Waals surface area contributed by atoms with E-state index in [9.17, 15) is 9.59 Å². The summed E-state index contributed by atoms with van der Waals surface area (Å²) in [7, 11) is 0. The molecule has 0 atom stereocenters.